The SMILES string of the molecule is Cc1ccc([N+](=O)[O-])cc1N=P(/C=C1/N(C)c2ccccc2C1(C)C)(c1ccccc1)c1ccccc1. The molecule has 0 spiro atoms. The maximum Gasteiger partial charge on any atom is 0.271 e. The lowest BCUT2D eigenvalue weighted by Gasteiger charge is -2.30. The Morgan fingerprint density at radius 2 is 1.43 bits per heavy atom. The monoisotopic (exact) mass is 507 g/mol. The second-order valence-electron chi connectivity index (χ2n) is 9.90. The summed E-state index contributed by atoms with van der Waals surface area (Å²) in [7, 11) is -0.482. The van der Waals surface area contributed by atoms with Gasteiger partial charge in [0.15, 0.2) is 0 Å². The van der Waals surface area contributed by atoms with Crippen molar-refractivity contribution in [3.8, 4) is 0 Å². The van der Waals surface area contributed by atoms with Crippen molar-refractivity contribution >= 4 is 34.7 Å². The van der Waals surface area contributed by atoms with Crippen molar-refractivity contribution in [1.82, 2.24) is 0 Å². The molecule has 0 fully saturated rings. The smallest absolute Gasteiger partial charge is 0.271 e. The van der Waals surface area contributed by atoms with E-state index in [0.717, 1.165) is 16.2 Å². The summed E-state index contributed by atoms with van der Waals surface area (Å²) in [6, 6.07) is 34.1. The van der Waals surface area contributed by atoms with Crippen LogP contribution >= 0.6 is 7.05 Å². The number of para-hydroxylation sites is 1. The van der Waals surface area contributed by atoms with E-state index in [-0.39, 0.29) is 16.0 Å². The number of hydrogen-bond acceptors (Lipinski definition) is 4. The molecule has 4 aromatic carbocycles. The van der Waals surface area contributed by atoms with Crippen molar-refractivity contribution in [3.05, 3.63) is 136 Å². The number of non-ortho nitro benzene ring substituents is 1. The van der Waals surface area contributed by atoms with Gasteiger partial charge in [-0.15, -0.1) is 0 Å². The average molecular weight is 508 g/mol. The first-order chi connectivity index (χ1) is 17.7. The zero-order valence-electron chi connectivity index (χ0n) is 21.5. The van der Waals surface area contributed by atoms with Crippen molar-refractivity contribution in [2.24, 2.45) is 4.74 Å². The average Bonchev–Trinajstić information content (AvgIpc) is 3.10. The van der Waals surface area contributed by atoms with Gasteiger partial charge >= 0.3 is 0 Å². The lowest BCUT2D eigenvalue weighted by Crippen LogP contribution is -2.25. The van der Waals surface area contributed by atoms with Gasteiger partial charge in [0.25, 0.3) is 5.69 Å². The van der Waals surface area contributed by atoms with E-state index < -0.39 is 7.05 Å². The largest absolute Gasteiger partial charge is 0.347 e. The molecule has 1 heterocycles. The van der Waals surface area contributed by atoms with Crippen LogP contribution in [0.3, 0.4) is 0 Å². The highest BCUT2D eigenvalue weighted by molar-refractivity contribution is 7.83. The highest BCUT2D eigenvalue weighted by Crippen LogP contribution is 2.57. The van der Waals surface area contributed by atoms with Crippen LogP contribution in [0.1, 0.15) is 25.0 Å². The van der Waals surface area contributed by atoms with Gasteiger partial charge in [0.1, 0.15) is 0 Å². The van der Waals surface area contributed by atoms with E-state index in [2.05, 4.69) is 80.1 Å². The summed E-state index contributed by atoms with van der Waals surface area (Å²) in [5.74, 6) is 2.36. The van der Waals surface area contributed by atoms with Crippen LogP contribution in [0.5, 0.6) is 0 Å². The van der Waals surface area contributed by atoms with E-state index >= 15 is 0 Å². The van der Waals surface area contributed by atoms with Crippen molar-refractivity contribution < 1.29 is 4.92 Å². The van der Waals surface area contributed by atoms with Crippen molar-refractivity contribution in [1.29, 1.82) is 0 Å². The Hall–Kier alpha value is -3.95. The van der Waals surface area contributed by atoms with Gasteiger partial charge < -0.3 is 4.90 Å². The Labute approximate surface area is 218 Å². The summed E-state index contributed by atoms with van der Waals surface area (Å²) in [5.41, 5.74) is 4.97. The van der Waals surface area contributed by atoms with E-state index in [0.29, 0.717) is 5.69 Å². The number of nitro groups is 1. The third-order valence-electron chi connectivity index (χ3n) is 7.22. The van der Waals surface area contributed by atoms with Crippen molar-refractivity contribution in [2.45, 2.75) is 26.2 Å². The van der Waals surface area contributed by atoms with Crippen LogP contribution in [0.2, 0.25) is 0 Å². The summed E-state index contributed by atoms with van der Waals surface area (Å²) in [5, 5.41) is 13.9. The van der Waals surface area contributed by atoms with Gasteiger partial charge in [-0.2, -0.15) is 0 Å². The molecule has 0 radical (unpaired) electrons. The van der Waals surface area contributed by atoms with Crippen LogP contribution in [-0.2, 0) is 5.41 Å². The highest BCUT2D eigenvalue weighted by atomic mass is 31.2. The second kappa shape index (κ2) is 9.49. The Morgan fingerprint density at radius 3 is 2.00 bits per heavy atom. The maximum atomic E-state index is 11.7. The fourth-order valence-corrected chi connectivity index (χ4v) is 8.69. The zero-order chi connectivity index (χ0) is 26.2. The third-order valence-corrected chi connectivity index (χ3v) is 10.5. The Morgan fingerprint density at radius 1 is 0.865 bits per heavy atom. The summed E-state index contributed by atoms with van der Waals surface area (Å²) in [6.45, 7) is 6.47. The molecule has 0 aromatic heterocycles. The van der Waals surface area contributed by atoms with E-state index in [1.807, 2.05) is 43.3 Å². The minimum absolute atomic E-state index is 0.0435. The zero-order valence-corrected chi connectivity index (χ0v) is 22.4. The molecule has 4 aromatic rings. The third kappa shape index (κ3) is 4.30. The molecule has 0 bridgehead atoms. The van der Waals surface area contributed by atoms with E-state index in [4.69, 9.17) is 4.74 Å². The number of benzene rings is 4. The van der Waals surface area contributed by atoms with Gasteiger partial charge in [0.05, 0.1) is 17.7 Å². The molecule has 5 rings (SSSR count). The predicted octanol–water partition coefficient (Wildman–Crippen LogP) is 7.66. The molecular formula is C31H30N3O2P. The molecule has 0 amide bonds. The Kier molecular flexibility index (Phi) is 6.35. The number of rotatable bonds is 5. The number of likely N-dealkylation sites (N-methyl/N-ethyl adjacent to an activating group) is 1. The Balaban J connectivity index is 1.90. The van der Waals surface area contributed by atoms with Gasteiger partial charge in [-0.25, -0.2) is 0 Å². The van der Waals surface area contributed by atoms with Crippen LogP contribution in [0.15, 0.2) is 119 Å². The molecule has 5 nitrogen and oxygen atoms in total. The summed E-state index contributed by atoms with van der Waals surface area (Å²) < 4.78 is 5.50. The lowest BCUT2D eigenvalue weighted by atomic mass is 9.84. The summed E-state index contributed by atoms with van der Waals surface area (Å²) in [6.07, 6.45) is 0. The maximum absolute atomic E-state index is 11.7. The van der Waals surface area contributed by atoms with Crippen molar-refractivity contribution in [2.75, 3.05) is 11.9 Å². The molecule has 1 aliphatic rings. The quantitative estimate of drug-likeness (QED) is 0.158. The van der Waals surface area contributed by atoms with Gasteiger partial charge in [-0.05, 0) is 29.9 Å². The normalized spacial score (nSPS) is 15.5. The molecule has 0 unspecified atom stereocenters. The first-order valence-electron chi connectivity index (χ1n) is 12.3. The number of allylic oxidation sites excluding steroid dienone is 1. The summed E-state index contributed by atoms with van der Waals surface area (Å²) >= 11 is 0. The first kappa shape index (κ1) is 24.7. The molecule has 37 heavy (non-hydrogen) atoms. The van der Waals surface area contributed by atoms with Gasteiger partial charge in [-0.3, -0.25) is 14.9 Å². The number of nitrogens with zero attached hydrogens (tertiary/aromatic N) is 3. The van der Waals surface area contributed by atoms with Crippen LogP contribution in [0, 0.1) is 17.0 Å². The van der Waals surface area contributed by atoms with Crippen LogP contribution < -0.4 is 15.5 Å². The fraction of sp³-hybridized carbons (Fsp3) is 0.161. The van der Waals surface area contributed by atoms with Crippen LogP contribution in [0.4, 0.5) is 17.1 Å². The minimum Gasteiger partial charge on any atom is -0.347 e. The van der Waals surface area contributed by atoms with Gasteiger partial charge in [0.2, 0.25) is 0 Å². The minimum atomic E-state index is -2.60. The Bertz CT molecular complexity index is 1520. The first-order valence-corrected chi connectivity index (χ1v) is 14.1. The van der Waals surface area contributed by atoms with Crippen LogP contribution in [0.25, 0.3) is 0 Å². The molecule has 186 valence electrons. The fourth-order valence-electron chi connectivity index (χ4n) is 5.15. The molecule has 0 atom stereocenters. The van der Waals surface area contributed by atoms with E-state index in [1.54, 1.807) is 18.2 Å². The number of hydrogen-bond donors (Lipinski definition) is 0. The molecule has 0 saturated heterocycles. The molecule has 0 N–H and O–H groups in total. The number of fused-ring (bicyclic) bond motifs is 1. The number of nitro benzene ring substituents is 1. The van der Waals surface area contributed by atoms with Gasteiger partial charge in [0, 0.05) is 46.6 Å². The second-order valence-corrected chi connectivity index (χ2v) is 12.8. The lowest BCUT2D eigenvalue weighted by molar-refractivity contribution is -0.384. The molecule has 6 heteroatoms. The topological polar surface area (TPSA) is 58.7 Å². The van der Waals surface area contributed by atoms with Crippen LogP contribution in [-0.4, -0.2) is 12.0 Å². The summed E-state index contributed by atoms with van der Waals surface area (Å²) in [4.78, 5) is 13.6. The molecular weight excluding hydrogens is 477 g/mol. The highest BCUT2D eigenvalue weighted by Gasteiger charge is 2.40. The van der Waals surface area contributed by atoms with E-state index in [1.165, 1.54) is 16.9 Å². The molecule has 0 saturated carbocycles. The van der Waals surface area contributed by atoms with Crippen molar-refractivity contribution in [3.63, 3.8) is 0 Å². The molecule has 1 aliphatic heterocycles. The predicted molar refractivity (Wildman–Crippen MR) is 155 cm³/mol. The van der Waals surface area contributed by atoms with E-state index in [9.17, 15) is 10.1 Å². The number of anilines is 1. The number of aryl methyl sites for hydroxylation is 1. The molecule has 0 aliphatic carbocycles. The standard InChI is InChI=1S/C31H30N3O2P/c1-23-19-20-24(34(35)36)21-28(23)32-37(25-13-7-5-8-14-25,26-15-9-6-10-16-26)22-30-31(2,3)27-17-11-12-18-29(27)33(30)4/h5-22H,1-4H3/b30-22+. The van der Waals surface area contributed by atoms with Gasteiger partial charge in [-0.1, -0.05) is 98.8 Å².